The third-order valence-electron chi connectivity index (χ3n) is 5.51. The van der Waals surface area contributed by atoms with E-state index in [-0.39, 0.29) is 0 Å². The van der Waals surface area contributed by atoms with Crippen LogP contribution >= 0.6 is 0 Å². The van der Waals surface area contributed by atoms with Crippen molar-refractivity contribution in [2.75, 3.05) is 25.1 Å². The van der Waals surface area contributed by atoms with Gasteiger partial charge in [-0.15, -0.1) is 0 Å². The van der Waals surface area contributed by atoms with E-state index in [1.54, 1.807) is 7.11 Å². The number of hydrogen-bond donors (Lipinski definition) is 0. The second-order valence-electron chi connectivity index (χ2n) is 7.82. The van der Waals surface area contributed by atoms with Crippen molar-refractivity contribution in [3.8, 4) is 5.75 Å². The molecule has 3 heterocycles. The number of nitrogens with zero attached hydrogens (tertiary/aromatic N) is 4. The number of hydrogen-bond acceptors (Lipinski definition) is 5. The van der Waals surface area contributed by atoms with Crippen LogP contribution in [0.4, 0.5) is 5.82 Å². The second-order valence-corrected chi connectivity index (χ2v) is 7.82. The van der Waals surface area contributed by atoms with Crippen molar-refractivity contribution >= 4 is 5.82 Å². The van der Waals surface area contributed by atoms with Crippen LogP contribution in [0.1, 0.15) is 47.1 Å². The number of methoxy groups -OCH3 is 1. The predicted octanol–water partition coefficient (Wildman–Crippen LogP) is 4.47. The number of benzene rings is 1. The van der Waals surface area contributed by atoms with E-state index in [0.717, 1.165) is 49.0 Å². The molecule has 5 nitrogen and oxygen atoms in total. The van der Waals surface area contributed by atoms with E-state index in [9.17, 15) is 0 Å². The Morgan fingerprint density at radius 2 is 1.97 bits per heavy atom. The fraction of sp³-hybridized carbons (Fsp3) is 0.375. The summed E-state index contributed by atoms with van der Waals surface area (Å²) in [5.41, 5.74) is 4.65. The lowest BCUT2D eigenvalue weighted by Crippen LogP contribution is -2.35. The zero-order chi connectivity index (χ0) is 20.2. The molecule has 1 fully saturated rings. The highest BCUT2D eigenvalue weighted by Crippen LogP contribution is 2.29. The average Bonchev–Trinajstić information content (AvgIpc) is 2.74. The maximum absolute atomic E-state index is 5.32. The van der Waals surface area contributed by atoms with Crippen LogP contribution in [0.5, 0.6) is 5.75 Å². The monoisotopic (exact) mass is 388 g/mol. The average molecular weight is 389 g/mol. The number of anilines is 1. The molecular formula is C24H28N4O. The molecule has 0 radical (unpaired) electrons. The minimum atomic E-state index is 0.435. The van der Waals surface area contributed by atoms with Crippen LogP contribution in [0.3, 0.4) is 0 Å². The summed E-state index contributed by atoms with van der Waals surface area (Å²) < 4.78 is 5.32. The highest BCUT2D eigenvalue weighted by molar-refractivity contribution is 5.41. The number of pyridine rings is 1. The van der Waals surface area contributed by atoms with Gasteiger partial charge >= 0.3 is 0 Å². The molecule has 0 saturated carbocycles. The molecule has 0 unspecified atom stereocenters. The van der Waals surface area contributed by atoms with Crippen molar-refractivity contribution in [3.05, 3.63) is 77.0 Å². The molecule has 3 aromatic rings. The third-order valence-corrected chi connectivity index (χ3v) is 5.51. The van der Waals surface area contributed by atoms with E-state index in [1.165, 1.54) is 23.2 Å². The molecule has 0 N–H and O–H groups in total. The molecule has 1 atom stereocenters. The van der Waals surface area contributed by atoms with Crippen LogP contribution < -0.4 is 9.64 Å². The number of aryl methyl sites for hydroxylation is 2. The van der Waals surface area contributed by atoms with E-state index in [1.807, 2.05) is 32.2 Å². The minimum Gasteiger partial charge on any atom is -0.497 e. The molecule has 1 aliphatic heterocycles. The Kier molecular flexibility index (Phi) is 5.74. The quantitative estimate of drug-likeness (QED) is 0.645. The predicted molar refractivity (Wildman–Crippen MR) is 116 cm³/mol. The lowest BCUT2D eigenvalue weighted by molar-refractivity contribution is 0.414. The van der Waals surface area contributed by atoms with Crippen molar-refractivity contribution in [3.63, 3.8) is 0 Å². The zero-order valence-corrected chi connectivity index (χ0v) is 17.4. The van der Waals surface area contributed by atoms with E-state index < -0.39 is 0 Å². The lowest BCUT2D eigenvalue weighted by Gasteiger charge is -2.33. The standard InChI is InChI=1S/C24H28N4O/c1-17-12-24(27-18(2)26-17)28-11-5-7-21(16-28)23-10-9-20(15-25-23)13-19-6-4-8-22(14-19)29-3/h4,6,8-10,12,14-15,21H,5,7,11,13,16H2,1-3H3/t21-/m1/s1. The largest absolute Gasteiger partial charge is 0.497 e. The Hall–Kier alpha value is -2.95. The van der Waals surface area contributed by atoms with Crippen LogP contribution in [-0.2, 0) is 6.42 Å². The molecule has 0 amide bonds. The molecule has 2 aromatic heterocycles. The summed E-state index contributed by atoms with van der Waals surface area (Å²) in [6.07, 6.45) is 5.20. The van der Waals surface area contributed by atoms with Gasteiger partial charge in [0.15, 0.2) is 0 Å². The maximum atomic E-state index is 5.32. The summed E-state index contributed by atoms with van der Waals surface area (Å²) >= 11 is 0. The fourth-order valence-corrected chi connectivity index (χ4v) is 4.09. The zero-order valence-electron chi connectivity index (χ0n) is 17.4. The molecule has 4 rings (SSSR count). The highest BCUT2D eigenvalue weighted by atomic mass is 16.5. The molecule has 0 spiro atoms. The molecule has 0 bridgehead atoms. The van der Waals surface area contributed by atoms with Crippen molar-refractivity contribution in [2.24, 2.45) is 0 Å². The molecule has 1 saturated heterocycles. The number of ether oxygens (including phenoxy) is 1. The van der Waals surface area contributed by atoms with Gasteiger partial charge in [0.05, 0.1) is 7.11 Å². The minimum absolute atomic E-state index is 0.435. The summed E-state index contributed by atoms with van der Waals surface area (Å²) in [5, 5.41) is 0. The van der Waals surface area contributed by atoms with Gasteiger partial charge in [-0.3, -0.25) is 4.98 Å². The van der Waals surface area contributed by atoms with Crippen molar-refractivity contribution < 1.29 is 4.74 Å². The smallest absolute Gasteiger partial charge is 0.132 e. The first-order valence-corrected chi connectivity index (χ1v) is 10.3. The van der Waals surface area contributed by atoms with Crippen molar-refractivity contribution in [1.29, 1.82) is 0 Å². The fourth-order valence-electron chi connectivity index (χ4n) is 4.09. The van der Waals surface area contributed by atoms with Gasteiger partial charge in [-0.05, 0) is 62.4 Å². The Labute approximate surface area is 172 Å². The van der Waals surface area contributed by atoms with Crippen LogP contribution in [-0.4, -0.2) is 35.2 Å². The van der Waals surface area contributed by atoms with E-state index in [4.69, 9.17) is 9.72 Å². The topological polar surface area (TPSA) is 51.1 Å². The molecule has 150 valence electrons. The Morgan fingerprint density at radius 3 is 2.72 bits per heavy atom. The normalized spacial score (nSPS) is 16.7. The summed E-state index contributed by atoms with van der Waals surface area (Å²) in [7, 11) is 1.70. The van der Waals surface area contributed by atoms with Gasteiger partial charge in [0.2, 0.25) is 0 Å². The maximum Gasteiger partial charge on any atom is 0.132 e. The molecule has 1 aromatic carbocycles. The molecule has 5 heteroatoms. The van der Waals surface area contributed by atoms with Gasteiger partial charge in [-0.2, -0.15) is 0 Å². The Morgan fingerprint density at radius 1 is 1.07 bits per heavy atom. The second kappa shape index (κ2) is 8.60. The van der Waals surface area contributed by atoms with Crippen molar-refractivity contribution in [1.82, 2.24) is 15.0 Å². The first kappa shape index (κ1) is 19.4. The first-order chi connectivity index (χ1) is 14.1. The highest BCUT2D eigenvalue weighted by Gasteiger charge is 2.23. The molecule has 1 aliphatic rings. The summed E-state index contributed by atoms with van der Waals surface area (Å²) in [5.74, 6) is 3.20. The van der Waals surface area contributed by atoms with Gasteiger partial charge < -0.3 is 9.64 Å². The Bertz CT molecular complexity index is 951. The van der Waals surface area contributed by atoms with E-state index in [0.29, 0.717) is 5.92 Å². The van der Waals surface area contributed by atoms with Crippen LogP contribution in [0.15, 0.2) is 48.7 Å². The summed E-state index contributed by atoms with van der Waals surface area (Å²) in [4.78, 5) is 16.2. The van der Waals surface area contributed by atoms with Gasteiger partial charge in [-0.1, -0.05) is 18.2 Å². The van der Waals surface area contributed by atoms with Crippen LogP contribution in [0, 0.1) is 13.8 Å². The van der Waals surface area contributed by atoms with Gasteiger partial charge in [0, 0.05) is 42.7 Å². The van der Waals surface area contributed by atoms with E-state index >= 15 is 0 Å². The molecule has 0 aliphatic carbocycles. The summed E-state index contributed by atoms with van der Waals surface area (Å²) in [6.45, 7) is 5.99. The number of piperidine rings is 1. The van der Waals surface area contributed by atoms with Crippen LogP contribution in [0.2, 0.25) is 0 Å². The first-order valence-electron chi connectivity index (χ1n) is 10.3. The van der Waals surface area contributed by atoms with Crippen molar-refractivity contribution in [2.45, 2.75) is 39.0 Å². The van der Waals surface area contributed by atoms with Crippen LogP contribution in [0.25, 0.3) is 0 Å². The molecular weight excluding hydrogens is 360 g/mol. The van der Waals surface area contributed by atoms with Gasteiger partial charge in [-0.25, -0.2) is 9.97 Å². The molecule has 29 heavy (non-hydrogen) atoms. The SMILES string of the molecule is COc1cccc(Cc2ccc([C@@H]3CCCN(c4cc(C)nc(C)n4)C3)nc2)c1. The van der Waals surface area contributed by atoms with E-state index in [2.05, 4.69) is 45.2 Å². The Balaban J connectivity index is 1.45. The lowest BCUT2D eigenvalue weighted by atomic mass is 9.93. The number of aromatic nitrogens is 3. The number of rotatable bonds is 5. The summed E-state index contributed by atoms with van der Waals surface area (Å²) in [6, 6.07) is 14.7. The van der Waals surface area contributed by atoms with Gasteiger partial charge in [0.25, 0.3) is 0 Å². The van der Waals surface area contributed by atoms with Gasteiger partial charge in [0.1, 0.15) is 17.4 Å². The third kappa shape index (κ3) is 4.73.